The number of carbonyl (C=O) groups excluding carboxylic acids is 1. The average molecular weight is 316 g/mol. The molecule has 1 aliphatic heterocycles. The normalized spacial score (nSPS) is 17.2. The van der Waals surface area contributed by atoms with Gasteiger partial charge in [0.2, 0.25) is 5.91 Å². The van der Waals surface area contributed by atoms with Crippen molar-refractivity contribution in [1.29, 1.82) is 0 Å². The molecule has 0 unspecified atom stereocenters. The summed E-state index contributed by atoms with van der Waals surface area (Å²) in [5, 5.41) is 4.44. The lowest BCUT2D eigenvalue weighted by Crippen LogP contribution is -2.33. The molecule has 1 amide bonds. The average Bonchev–Trinajstić information content (AvgIpc) is 3.19. The van der Waals surface area contributed by atoms with Crippen LogP contribution >= 0.6 is 11.3 Å². The Morgan fingerprint density at radius 2 is 2.05 bits per heavy atom. The van der Waals surface area contributed by atoms with Gasteiger partial charge in [-0.1, -0.05) is 0 Å². The predicted molar refractivity (Wildman–Crippen MR) is 88.5 cm³/mol. The second-order valence-electron chi connectivity index (χ2n) is 6.10. The van der Waals surface area contributed by atoms with Crippen LogP contribution in [0.25, 0.3) is 10.2 Å². The van der Waals surface area contributed by atoms with E-state index < -0.39 is 0 Å². The largest absolute Gasteiger partial charge is 0.360 e. The van der Waals surface area contributed by atoms with Crippen molar-refractivity contribution >= 4 is 33.3 Å². The molecule has 0 bridgehead atoms. The minimum atomic E-state index is 0.175. The molecule has 1 fully saturated rings. The lowest BCUT2D eigenvalue weighted by Gasteiger charge is -2.16. The van der Waals surface area contributed by atoms with Gasteiger partial charge in [-0.2, -0.15) is 0 Å². The zero-order valence-electron chi connectivity index (χ0n) is 12.8. The maximum atomic E-state index is 12.2. The van der Waals surface area contributed by atoms with Gasteiger partial charge in [0, 0.05) is 18.0 Å². The lowest BCUT2D eigenvalue weighted by molar-refractivity contribution is -0.128. The van der Waals surface area contributed by atoms with E-state index in [9.17, 15) is 4.79 Å². The minimum absolute atomic E-state index is 0.175. The van der Waals surface area contributed by atoms with Gasteiger partial charge in [-0.3, -0.25) is 4.79 Å². The number of nitrogens with zero attached hydrogens (tertiary/aromatic N) is 3. The van der Waals surface area contributed by atoms with Crippen molar-refractivity contribution in [2.45, 2.75) is 39.0 Å². The fourth-order valence-electron chi connectivity index (χ4n) is 3.47. The summed E-state index contributed by atoms with van der Waals surface area (Å²) in [6, 6.07) is 0. The highest BCUT2D eigenvalue weighted by Crippen LogP contribution is 2.39. The number of amides is 1. The highest BCUT2D eigenvalue weighted by atomic mass is 32.1. The molecule has 2 aliphatic rings. The highest BCUT2D eigenvalue weighted by Gasteiger charge is 2.23. The molecular formula is C16H20N4OS. The van der Waals surface area contributed by atoms with Crippen LogP contribution in [-0.4, -0.2) is 40.4 Å². The van der Waals surface area contributed by atoms with E-state index in [1.54, 1.807) is 11.3 Å². The summed E-state index contributed by atoms with van der Waals surface area (Å²) in [4.78, 5) is 25.8. The van der Waals surface area contributed by atoms with Crippen LogP contribution in [0.1, 0.15) is 35.5 Å². The Kier molecular flexibility index (Phi) is 3.48. The van der Waals surface area contributed by atoms with Gasteiger partial charge in [-0.15, -0.1) is 11.3 Å². The third-order valence-corrected chi connectivity index (χ3v) is 5.73. The van der Waals surface area contributed by atoms with Crippen molar-refractivity contribution in [3.8, 4) is 0 Å². The van der Waals surface area contributed by atoms with Gasteiger partial charge in [0.1, 0.15) is 16.5 Å². The molecule has 0 radical (unpaired) electrons. The second kappa shape index (κ2) is 5.50. The number of hydrogen-bond acceptors (Lipinski definition) is 5. The summed E-state index contributed by atoms with van der Waals surface area (Å²) in [6.45, 7) is 4.03. The molecule has 4 rings (SSSR count). The number of anilines is 1. The molecule has 1 saturated heterocycles. The highest BCUT2D eigenvalue weighted by molar-refractivity contribution is 7.19. The Bertz CT molecular complexity index is 733. The number of nitrogens with one attached hydrogen (secondary N) is 1. The van der Waals surface area contributed by atoms with Crippen molar-refractivity contribution in [2.75, 3.05) is 25.0 Å². The molecule has 5 nitrogen and oxygen atoms in total. The number of carbonyl (C=O) groups is 1. The van der Waals surface area contributed by atoms with E-state index in [0.29, 0.717) is 6.54 Å². The number of rotatable bonds is 3. The number of thiophene rings is 1. The smallest absolute Gasteiger partial charge is 0.241 e. The standard InChI is InChI=1S/C16H20N4OS/c1-10-18-15(17-9-13(21)20-7-2-3-8-20)14-11-5-4-6-12(11)22-16(14)19-10/h2-9H2,1H3,(H,17,18,19). The third-order valence-electron chi connectivity index (χ3n) is 4.54. The molecule has 2 aromatic rings. The minimum Gasteiger partial charge on any atom is -0.360 e. The summed E-state index contributed by atoms with van der Waals surface area (Å²) >= 11 is 1.79. The maximum absolute atomic E-state index is 12.2. The Hall–Kier alpha value is -1.69. The number of fused-ring (bicyclic) bond motifs is 3. The van der Waals surface area contributed by atoms with E-state index >= 15 is 0 Å². The topological polar surface area (TPSA) is 58.1 Å². The van der Waals surface area contributed by atoms with Crippen molar-refractivity contribution in [2.24, 2.45) is 0 Å². The molecular weight excluding hydrogens is 296 g/mol. The van der Waals surface area contributed by atoms with Crippen molar-refractivity contribution in [3.05, 3.63) is 16.3 Å². The first-order valence-electron chi connectivity index (χ1n) is 8.03. The van der Waals surface area contributed by atoms with E-state index in [0.717, 1.165) is 60.6 Å². The van der Waals surface area contributed by atoms with E-state index in [1.165, 1.54) is 16.9 Å². The zero-order chi connectivity index (χ0) is 15.1. The van der Waals surface area contributed by atoms with Crippen LogP contribution in [0.15, 0.2) is 0 Å². The summed E-state index contributed by atoms with van der Waals surface area (Å²) in [7, 11) is 0. The number of likely N-dealkylation sites (tertiary alicyclic amines) is 1. The van der Waals surface area contributed by atoms with Gasteiger partial charge in [-0.25, -0.2) is 9.97 Å². The van der Waals surface area contributed by atoms with Crippen LogP contribution in [0.2, 0.25) is 0 Å². The molecule has 3 heterocycles. The summed E-state index contributed by atoms with van der Waals surface area (Å²) in [5.41, 5.74) is 1.40. The van der Waals surface area contributed by atoms with Crippen LogP contribution < -0.4 is 5.32 Å². The van der Waals surface area contributed by atoms with E-state index in [1.807, 2.05) is 11.8 Å². The molecule has 0 saturated carbocycles. The second-order valence-corrected chi connectivity index (χ2v) is 7.18. The molecule has 116 valence electrons. The van der Waals surface area contributed by atoms with Crippen LogP contribution in [0.3, 0.4) is 0 Å². The first-order valence-corrected chi connectivity index (χ1v) is 8.84. The number of aryl methyl sites for hydroxylation is 3. The third kappa shape index (κ3) is 2.35. The molecule has 6 heteroatoms. The quantitative estimate of drug-likeness (QED) is 0.945. The molecule has 0 aromatic carbocycles. The summed E-state index contributed by atoms with van der Waals surface area (Å²) < 4.78 is 0. The van der Waals surface area contributed by atoms with Crippen LogP contribution in [-0.2, 0) is 17.6 Å². The van der Waals surface area contributed by atoms with Crippen LogP contribution in [0.4, 0.5) is 5.82 Å². The first-order chi connectivity index (χ1) is 10.7. The summed E-state index contributed by atoms with van der Waals surface area (Å²) in [5.74, 6) is 1.78. The maximum Gasteiger partial charge on any atom is 0.241 e. The fraction of sp³-hybridized carbons (Fsp3) is 0.562. The van der Waals surface area contributed by atoms with Gasteiger partial charge in [0.15, 0.2) is 0 Å². The van der Waals surface area contributed by atoms with Gasteiger partial charge >= 0.3 is 0 Å². The monoisotopic (exact) mass is 316 g/mol. The van der Waals surface area contributed by atoms with Crippen molar-refractivity contribution < 1.29 is 4.79 Å². The molecule has 1 N–H and O–H groups in total. The molecule has 2 aromatic heterocycles. The molecule has 1 aliphatic carbocycles. The van der Waals surface area contributed by atoms with E-state index in [2.05, 4.69) is 15.3 Å². The van der Waals surface area contributed by atoms with Crippen molar-refractivity contribution in [1.82, 2.24) is 14.9 Å². The van der Waals surface area contributed by atoms with Crippen molar-refractivity contribution in [3.63, 3.8) is 0 Å². The zero-order valence-corrected chi connectivity index (χ0v) is 13.6. The number of aromatic nitrogens is 2. The SMILES string of the molecule is Cc1nc(NCC(=O)N2CCCC2)c2c3c(sc2n1)CCC3. The fourth-order valence-corrected chi connectivity index (χ4v) is 4.77. The first kappa shape index (κ1) is 13.9. The Balaban J connectivity index is 1.61. The van der Waals surface area contributed by atoms with E-state index in [-0.39, 0.29) is 5.91 Å². The van der Waals surface area contributed by atoms with Gasteiger partial charge in [0.05, 0.1) is 11.9 Å². The van der Waals surface area contributed by atoms with Crippen LogP contribution in [0.5, 0.6) is 0 Å². The molecule has 0 spiro atoms. The van der Waals surface area contributed by atoms with Crippen LogP contribution in [0, 0.1) is 6.92 Å². The van der Waals surface area contributed by atoms with Gasteiger partial charge < -0.3 is 10.2 Å². The van der Waals surface area contributed by atoms with E-state index in [4.69, 9.17) is 0 Å². The Morgan fingerprint density at radius 3 is 2.86 bits per heavy atom. The lowest BCUT2D eigenvalue weighted by atomic mass is 10.2. The summed E-state index contributed by atoms with van der Waals surface area (Å²) in [6.07, 6.45) is 5.73. The van der Waals surface area contributed by atoms with Gasteiger partial charge in [0.25, 0.3) is 0 Å². The van der Waals surface area contributed by atoms with Gasteiger partial charge in [-0.05, 0) is 44.6 Å². The molecule has 22 heavy (non-hydrogen) atoms. The molecule has 0 atom stereocenters. The Labute approximate surface area is 133 Å². The Morgan fingerprint density at radius 1 is 1.23 bits per heavy atom. The number of hydrogen-bond donors (Lipinski definition) is 1. The predicted octanol–water partition coefficient (Wildman–Crippen LogP) is 2.52.